The number of benzene rings is 1. The van der Waals surface area contributed by atoms with Crippen molar-refractivity contribution in [3.63, 3.8) is 0 Å². The number of carbonyl (C=O) groups is 3. The monoisotopic (exact) mass is 588 g/mol. The zero-order chi connectivity index (χ0) is 25.2. The van der Waals surface area contributed by atoms with Crippen LogP contribution in [0.1, 0.15) is 61.1 Å². The molecule has 3 heterocycles. The highest BCUT2D eigenvalue weighted by Crippen LogP contribution is 2.47. The number of amides is 2. The molecule has 1 aliphatic carbocycles. The van der Waals surface area contributed by atoms with E-state index in [1.165, 1.54) is 9.47 Å². The standard InChI is InChI=1S/C25H25IN4O5/c1-25(2,3)35-22(31)14-7-9-15(10-8-14)29-12-16-17(28(4)23(29)32)11-27-21-18(16)19(26)20(13-5-6-13)30(21)24(33)34/h7-11,13H,5-6,12H2,1-4H3,(H,33,34). The molecule has 0 bridgehead atoms. The summed E-state index contributed by atoms with van der Waals surface area (Å²) in [5.41, 5.74) is 3.10. The molecule has 3 aromatic rings. The Morgan fingerprint density at radius 1 is 1.17 bits per heavy atom. The molecular formula is C25H25IN4O5. The van der Waals surface area contributed by atoms with Crippen LogP contribution in [0.25, 0.3) is 11.0 Å². The van der Waals surface area contributed by atoms with Gasteiger partial charge in [0.1, 0.15) is 5.60 Å². The summed E-state index contributed by atoms with van der Waals surface area (Å²) in [6, 6.07) is 6.49. The maximum atomic E-state index is 13.2. The normalized spacial score (nSPS) is 16.0. The Hall–Kier alpha value is -3.15. The van der Waals surface area contributed by atoms with Gasteiger partial charge in [-0.05, 0) is 80.5 Å². The first-order valence-electron chi connectivity index (χ1n) is 11.3. The highest BCUT2D eigenvalue weighted by Gasteiger charge is 2.37. The summed E-state index contributed by atoms with van der Waals surface area (Å²) < 4.78 is 7.59. The predicted molar refractivity (Wildman–Crippen MR) is 139 cm³/mol. The number of anilines is 2. The molecule has 1 aliphatic heterocycles. The van der Waals surface area contributed by atoms with E-state index in [1.807, 2.05) is 20.8 Å². The van der Waals surface area contributed by atoms with Gasteiger partial charge in [0.15, 0.2) is 5.65 Å². The second-order valence-corrected chi connectivity index (χ2v) is 11.0. The Bertz CT molecular complexity index is 1390. The largest absolute Gasteiger partial charge is 0.464 e. The van der Waals surface area contributed by atoms with Crippen LogP contribution in [0.4, 0.5) is 21.0 Å². The highest BCUT2D eigenvalue weighted by atomic mass is 127. The van der Waals surface area contributed by atoms with Crippen molar-refractivity contribution in [3.8, 4) is 0 Å². The summed E-state index contributed by atoms with van der Waals surface area (Å²) in [6.07, 6.45) is 2.43. The number of aromatic nitrogens is 2. The molecule has 0 spiro atoms. The topological polar surface area (TPSA) is 105 Å². The quantitative estimate of drug-likeness (QED) is 0.317. The number of ether oxygens (including phenoxy) is 1. The number of carbonyl (C=O) groups excluding carboxylic acids is 2. The molecule has 9 nitrogen and oxygen atoms in total. The molecule has 0 unspecified atom stereocenters. The third-order valence-corrected chi connectivity index (χ3v) is 7.30. The Labute approximate surface area is 215 Å². The molecule has 182 valence electrons. The summed E-state index contributed by atoms with van der Waals surface area (Å²) in [5, 5.41) is 10.7. The zero-order valence-corrected chi connectivity index (χ0v) is 22.0. The van der Waals surface area contributed by atoms with Gasteiger partial charge in [0.2, 0.25) is 0 Å². The lowest BCUT2D eigenvalue weighted by molar-refractivity contribution is 0.00694. The molecule has 35 heavy (non-hydrogen) atoms. The molecule has 2 aliphatic rings. The van der Waals surface area contributed by atoms with Crippen LogP contribution >= 0.6 is 22.6 Å². The maximum Gasteiger partial charge on any atom is 0.417 e. The van der Waals surface area contributed by atoms with Gasteiger partial charge in [-0.15, -0.1) is 0 Å². The number of hydrogen-bond donors (Lipinski definition) is 1. The Morgan fingerprint density at radius 3 is 2.40 bits per heavy atom. The van der Waals surface area contributed by atoms with Crippen LogP contribution in [0, 0.1) is 3.57 Å². The fourth-order valence-electron chi connectivity index (χ4n) is 4.46. The van der Waals surface area contributed by atoms with Crippen molar-refractivity contribution in [3.05, 3.63) is 50.9 Å². The van der Waals surface area contributed by atoms with Crippen molar-refractivity contribution in [1.29, 1.82) is 0 Å². The van der Waals surface area contributed by atoms with Gasteiger partial charge in [-0.3, -0.25) is 9.80 Å². The second-order valence-electron chi connectivity index (χ2n) is 9.89. The summed E-state index contributed by atoms with van der Waals surface area (Å²) in [7, 11) is 1.68. The fourth-order valence-corrected chi connectivity index (χ4v) is 5.70. The lowest BCUT2D eigenvalue weighted by Crippen LogP contribution is -2.45. The summed E-state index contributed by atoms with van der Waals surface area (Å²) in [4.78, 5) is 45.4. The first kappa shape index (κ1) is 23.6. The molecular weight excluding hydrogens is 563 g/mol. The number of rotatable bonds is 3. The molecule has 10 heteroatoms. The van der Waals surface area contributed by atoms with E-state index in [0.717, 1.165) is 33.1 Å². The van der Waals surface area contributed by atoms with Crippen LogP contribution in [0.3, 0.4) is 0 Å². The molecule has 1 fully saturated rings. The van der Waals surface area contributed by atoms with Crippen LogP contribution in [0.2, 0.25) is 0 Å². The Morgan fingerprint density at radius 2 is 1.83 bits per heavy atom. The van der Waals surface area contributed by atoms with Gasteiger partial charge in [0, 0.05) is 38.9 Å². The van der Waals surface area contributed by atoms with E-state index in [4.69, 9.17) is 4.74 Å². The SMILES string of the molecule is CN1C(=O)N(c2ccc(C(=O)OC(C)(C)C)cc2)Cc2c1cnc1c2c(I)c(C2CC2)n1C(=O)O. The third kappa shape index (κ3) is 4.03. The van der Waals surface area contributed by atoms with Gasteiger partial charge < -0.3 is 9.84 Å². The van der Waals surface area contributed by atoms with E-state index >= 15 is 0 Å². The molecule has 2 amide bonds. The molecule has 1 saturated carbocycles. The number of carboxylic acid groups (broad SMARTS) is 1. The number of fused-ring (bicyclic) bond motifs is 3. The van der Waals surface area contributed by atoms with Crippen LogP contribution < -0.4 is 9.80 Å². The van der Waals surface area contributed by atoms with Crippen LogP contribution in [-0.4, -0.2) is 45.4 Å². The summed E-state index contributed by atoms with van der Waals surface area (Å²) >= 11 is 2.21. The van der Waals surface area contributed by atoms with Crippen LogP contribution in [0.15, 0.2) is 30.5 Å². The number of pyridine rings is 1. The molecule has 0 saturated heterocycles. The highest BCUT2D eigenvalue weighted by molar-refractivity contribution is 14.1. The average molecular weight is 588 g/mol. The summed E-state index contributed by atoms with van der Waals surface area (Å²) in [6.45, 7) is 5.68. The average Bonchev–Trinajstić information content (AvgIpc) is 3.58. The molecule has 1 aromatic carbocycles. The van der Waals surface area contributed by atoms with Crippen molar-refractivity contribution >= 4 is 63.1 Å². The zero-order valence-electron chi connectivity index (χ0n) is 19.8. The minimum atomic E-state index is -1.05. The maximum absolute atomic E-state index is 13.2. The molecule has 1 N–H and O–H groups in total. The van der Waals surface area contributed by atoms with E-state index in [0.29, 0.717) is 22.6 Å². The van der Waals surface area contributed by atoms with Crippen molar-refractivity contribution < 1.29 is 24.2 Å². The van der Waals surface area contributed by atoms with Crippen molar-refractivity contribution in [1.82, 2.24) is 9.55 Å². The van der Waals surface area contributed by atoms with Gasteiger partial charge in [0.25, 0.3) is 0 Å². The van der Waals surface area contributed by atoms with Crippen molar-refractivity contribution in [2.24, 2.45) is 0 Å². The van der Waals surface area contributed by atoms with E-state index in [2.05, 4.69) is 27.6 Å². The van der Waals surface area contributed by atoms with Crippen molar-refractivity contribution in [2.75, 3.05) is 16.8 Å². The van der Waals surface area contributed by atoms with Gasteiger partial charge >= 0.3 is 18.1 Å². The first-order valence-corrected chi connectivity index (χ1v) is 12.4. The van der Waals surface area contributed by atoms with Gasteiger partial charge in [0.05, 0.1) is 24.0 Å². The molecule has 2 aromatic heterocycles. The lowest BCUT2D eigenvalue weighted by Gasteiger charge is -2.35. The Balaban J connectivity index is 1.56. The van der Waals surface area contributed by atoms with Gasteiger partial charge in [-0.2, -0.15) is 0 Å². The van der Waals surface area contributed by atoms with E-state index in [1.54, 1.807) is 42.4 Å². The minimum Gasteiger partial charge on any atom is -0.464 e. The smallest absolute Gasteiger partial charge is 0.417 e. The number of hydrogen-bond acceptors (Lipinski definition) is 5. The third-order valence-electron chi connectivity index (χ3n) is 6.21. The van der Waals surface area contributed by atoms with E-state index in [-0.39, 0.29) is 18.5 Å². The number of urea groups is 1. The molecule has 0 radical (unpaired) electrons. The van der Waals surface area contributed by atoms with E-state index < -0.39 is 17.7 Å². The first-order chi connectivity index (χ1) is 16.5. The van der Waals surface area contributed by atoms with E-state index in [9.17, 15) is 19.5 Å². The number of esters is 1. The fraction of sp³-hybridized carbons (Fsp3) is 0.360. The van der Waals surface area contributed by atoms with Crippen LogP contribution in [-0.2, 0) is 11.3 Å². The Kier molecular flexibility index (Phi) is 5.53. The lowest BCUT2D eigenvalue weighted by atomic mass is 10.1. The van der Waals surface area contributed by atoms with Gasteiger partial charge in [-0.1, -0.05) is 0 Å². The summed E-state index contributed by atoms with van der Waals surface area (Å²) in [5.74, 6) is -0.219. The van der Waals surface area contributed by atoms with Crippen molar-refractivity contribution in [2.45, 2.75) is 51.7 Å². The predicted octanol–water partition coefficient (Wildman–Crippen LogP) is 5.58. The van der Waals surface area contributed by atoms with Gasteiger partial charge in [-0.25, -0.2) is 23.9 Å². The number of halogens is 1. The molecule has 0 atom stereocenters. The van der Waals surface area contributed by atoms with Crippen LogP contribution in [0.5, 0.6) is 0 Å². The minimum absolute atomic E-state index is 0.210. The molecule has 5 rings (SSSR count). The second kappa shape index (κ2) is 8.21. The number of nitrogens with zero attached hydrogens (tertiary/aromatic N) is 4.